The lowest BCUT2D eigenvalue weighted by Crippen LogP contribution is -1.97. The van der Waals surface area contributed by atoms with E-state index in [4.69, 9.17) is 4.42 Å². The highest BCUT2D eigenvalue weighted by Crippen LogP contribution is 2.27. The predicted octanol–water partition coefficient (Wildman–Crippen LogP) is 2.88. The zero-order valence-electron chi connectivity index (χ0n) is 9.89. The van der Waals surface area contributed by atoms with E-state index in [9.17, 15) is 0 Å². The van der Waals surface area contributed by atoms with Crippen LogP contribution in [0.1, 0.15) is 19.6 Å². The molecule has 0 saturated carbocycles. The Morgan fingerprint density at radius 1 is 1.38 bits per heavy atom. The standard InChI is InChI=1S/C11H15N3OS/c1-7(2)16-11-13-12-10(14(11)4)9-5-6-15-8(9)3/h5-7H,1-4H3. The average molecular weight is 237 g/mol. The van der Waals surface area contributed by atoms with Gasteiger partial charge in [0.2, 0.25) is 0 Å². The van der Waals surface area contributed by atoms with Gasteiger partial charge in [0.15, 0.2) is 11.0 Å². The first-order chi connectivity index (χ1) is 7.59. The van der Waals surface area contributed by atoms with Gasteiger partial charge in [0, 0.05) is 12.3 Å². The van der Waals surface area contributed by atoms with E-state index in [1.165, 1.54) is 0 Å². The zero-order chi connectivity index (χ0) is 11.7. The van der Waals surface area contributed by atoms with Crippen LogP contribution in [0.15, 0.2) is 21.9 Å². The molecular formula is C11H15N3OS. The number of hydrogen-bond acceptors (Lipinski definition) is 4. The minimum Gasteiger partial charge on any atom is -0.469 e. The Morgan fingerprint density at radius 3 is 2.69 bits per heavy atom. The van der Waals surface area contributed by atoms with Crippen molar-refractivity contribution in [1.82, 2.24) is 14.8 Å². The van der Waals surface area contributed by atoms with Crippen LogP contribution >= 0.6 is 11.8 Å². The van der Waals surface area contributed by atoms with Gasteiger partial charge in [-0.2, -0.15) is 0 Å². The molecule has 0 saturated heterocycles. The minimum absolute atomic E-state index is 0.501. The Morgan fingerprint density at radius 2 is 2.12 bits per heavy atom. The molecule has 16 heavy (non-hydrogen) atoms. The number of rotatable bonds is 3. The van der Waals surface area contributed by atoms with Gasteiger partial charge in [-0.25, -0.2) is 0 Å². The lowest BCUT2D eigenvalue weighted by atomic mass is 10.2. The van der Waals surface area contributed by atoms with Crippen molar-refractivity contribution < 1.29 is 4.42 Å². The Balaban J connectivity index is 2.37. The van der Waals surface area contributed by atoms with Gasteiger partial charge in [-0.05, 0) is 13.0 Å². The lowest BCUT2D eigenvalue weighted by Gasteiger charge is -2.04. The molecule has 0 aliphatic rings. The van der Waals surface area contributed by atoms with Crippen molar-refractivity contribution in [2.45, 2.75) is 31.2 Å². The van der Waals surface area contributed by atoms with Gasteiger partial charge in [0.05, 0.1) is 11.8 Å². The van der Waals surface area contributed by atoms with E-state index in [-0.39, 0.29) is 0 Å². The van der Waals surface area contributed by atoms with Gasteiger partial charge in [-0.3, -0.25) is 0 Å². The number of aromatic nitrogens is 3. The summed E-state index contributed by atoms with van der Waals surface area (Å²) in [5.41, 5.74) is 1.01. The van der Waals surface area contributed by atoms with Crippen molar-refractivity contribution in [3.8, 4) is 11.4 Å². The second-order valence-corrected chi connectivity index (χ2v) is 5.47. The fraction of sp³-hybridized carbons (Fsp3) is 0.455. The summed E-state index contributed by atoms with van der Waals surface area (Å²) < 4.78 is 7.28. The van der Waals surface area contributed by atoms with Gasteiger partial charge in [0.25, 0.3) is 0 Å². The van der Waals surface area contributed by atoms with Gasteiger partial charge >= 0.3 is 0 Å². The van der Waals surface area contributed by atoms with Crippen LogP contribution in [-0.2, 0) is 7.05 Å². The Kier molecular flexibility index (Phi) is 3.05. The second-order valence-electron chi connectivity index (χ2n) is 3.92. The predicted molar refractivity (Wildman–Crippen MR) is 64.4 cm³/mol. The van der Waals surface area contributed by atoms with Crippen LogP contribution in [0.4, 0.5) is 0 Å². The van der Waals surface area contributed by atoms with E-state index < -0.39 is 0 Å². The van der Waals surface area contributed by atoms with E-state index in [0.717, 1.165) is 22.3 Å². The molecule has 4 nitrogen and oxygen atoms in total. The molecule has 0 radical (unpaired) electrons. The molecule has 0 amide bonds. The fourth-order valence-electron chi connectivity index (χ4n) is 1.48. The summed E-state index contributed by atoms with van der Waals surface area (Å²) in [4.78, 5) is 0. The van der Waals surface area contributed by atoms with Crippen LogP contribution in [0.25, 0.3) is 11.4 Å². The summed E-state index contributed by atoms with van der Waals surface area (Å²) in [6, 6.07) is 1.92. The Hall–Kier alpha value is -1.23. The Labute approximate surface area is 99.1 Å². The van der Waals surface area contributed by atoms with Crippen molar-refractivity contribution in [2.75, 3.05) is 0 Å². The van der Waals surface area contributed by atoms with Crippen LogP contribution in [0.2, 0.25) is 0 Å². The quantitative estimate of drug-likeness (QED) is 0.770. The van der Waals surface area contributed by atoms with E-state index in [2.05, 4.69) is 24.0 Å². The number of hydrogen-bond donors (Lipinski definition) is 0. The number of thioether (sulfide) groups is 1. The summed E-state index contributed by atoms with van der Waals surface area (Å²) in [5.74, 6) is 1.73. The highest BCUT2D eigenvalue weighted by Gasteiger charge is 2.15. The maximum absolute atomic E-state index is 5.28. The molecule has 2 rings (SSSR count). The van der Waals surface area contributed by atoms with Crippen LogP contribution < -0.4 is 0 Å². The average Bonchev–Trinajstić information content (AvgIpc) is 2.75. The molecule has 0 fully saturated rings. The molecule has 0 N–H and O–H groups in total. The summed E-state index contributed by atoms with van der Waals surface area (Å²) in [6.45, 7) is 6.21. The van der Waals surface area contributed by atoms with Crippen LogP contribution in [0, 0.1) is 6.92 Å². The molecule has 2 aromatic rings. The molecule has 0 bridgehead atoms. The SMILES string of the molecule is Cc1occc1-c1nnc(SC(C)C)n1C. The maximum Gasteiger partial charge on any atom is 0.191 e. The summed E-state index contributed by atoms with van der Waals surface area (Å²) in [7, 11) is 1.98. The smallest absolute Gasteiger partial charge is 0.191 e. The third-order valence-corrected chi connectivity index (χ3v) is 3.31. The topological polar surface area (TPSA) is 43.9 Å². The van der Waals surface area contributed by atoms with Crippen molar-refractivity contribution in [3.05, 3.63) is 18.1 Å². The number of nitrogens with zero attached hydrogens (tertiary/aromatic N) is 3. The molecular weight excluding hydrogens is 222 g/mol. The first-order valence-electron chi connectivity index (χ1n) is 5.20. The number of aryl methyl sites for hydroxylation is 1. The molecule has 5 heteroatoms. The Bertz CT molecular complexity index is 487. The van der Waals surface area contributed by atoms with E-state index in [1.807, 2.05) is 24.6 Å². The molecule has 0 aromatic carbocycles. The lowest BCUT2D eigenvalue weighted by molar-refractivity contribution is 0.534. The molecule has 2 aromatic heterocycles. The summed E-state index contributed by atoms with van der Waals surface area (Å²) in [6.07, 6.45) is 1.68. The zero-order valence-corrected chi connectivity index (χ0v) is 10.7. The van der Waals surface area contributed by atoms with Crippen LogP contribution in [0.3, 0.4) is 0 Å². The van der Waals surface area contributed by atoms with Crippen LogP contribution in [0.5, 0.6) is 0 Å². The molecule has 2 heterocycles. The van der Waals surface area contributed by atoms with E-state index >= 15 is 0 Å². The van der Waals surface area contributed by atoms with Gasteiger partial charge in [-0.15, -0.1) is 10.2 Å². The summed E-state index contributed by atoms with van der Waals surface area (Å²) >= 11 is 1.71. The summed E-state index contributed by atoms with van der Waals surface area (Å²) in [5, 5.41) is 9.83. The molecule has 86 valence electrons. The molecule has 0 aliphatic carbocycles. The highest BCUT2D eigenvalue weighted by atomic mass is 32.2. The highest BCUT2D eigenvalue weighted by molar-refractivity contribution is 7.99. The minimum atomic E-state index is 0.501. The number of furan rings is 1. The molecule has 0 aliphatic heterocycles. The van der Waals surface area contributed by atoms with Gasteiger partial charge < -0.3 is 8.98 Å². The maximum atomic E-state index is 5.28. The van der Waals surface area contributed by atoms with Crippen molar-refractivity contribution in [2.24, 2.45) is 7.05 Å². The van der Waals surface area contributed by atoms with Crippen LogP contribution in [-0.4, -0.2) is 20.0 Å². The van der Waals surface area contributed by atoms with Gasteiger partial charge in [-0.1, -0.05) is 25.6 Å². The molecule has 0 unspecified atom stereocenters. The third-order valence-electron chi connectivity index (χ3n) is 2.28. The normalized spacial score (nSPS) is 11.3. The fourth-order valence-corrected chi connectivity index (χ4v) is 2.23. The largest absolute Gasteiger partial charge is 0.469 e. The first kappa shape index (κ1) is 11.3. The second kappa shape index (κ2) is 4.33. The first-order valence-corrected chi connectivity index (χ1v) is 6.08. The van der Waals surface area contributed by atoms with E-state index in [0.29, 0.717) is 5.25 Å². The van der Waals surface area contributed by atoms with Gasteiger partial charge in [0.1, 0.15) is 5.76 Å². The van der Waals surface area contributed by atoms with Crippen molar-refractivity contribution in [3.63, 3.8) is 0 Å². The third kappa shape index (κ3) is 2.00. The van der Waals surface area contributed by atoms with E-state index in [1.54, 1.807) is 18.0 Å². The molecule has 0 spiro atoms. The van der Waals surface area contributed by atoms with Crippen molar-refractivity contribution >= 4 is 11.8 Å². The monoisotopic (exact) mass is 237 g/mol. The van der Waals surface area contributed by atoms with Crippen molar-refractivity contribution in [1.29, 1.82) is 0 Å². The molecule has 0 atom stereocenters.